The Morgan fingerprint density at radius 1 is 1.50 bits per heavy atom. The number of amides is 1. The molecule has 1 heterocycles. The zero-order chi connectivity index (χ0) is 13.1. The molecule has 1 saturated carbocycles. The molecule has 2 nitrogen and oxygen atoms in total. The molecule has 1 aromatic heterocycles. The Kier molecular flexibility index (Phi) is 5.60. The summed E-state index contributed by atoms with van der Waals surface area (Å²) >= 11 is 10.3. The van der Waals surface area contributed by atoms with Crippen LogP contribution in [0.15, 0.2) is 13.6 Å². The van der Waals surface area contributed by atoms with Gasteiger partial charge in [-0.2, -0.15) is 11.8 Å². The Morgan fingerprint density at radius 3 is 2.89 bits per heavy atom. The smallest absolute Gasteiger partial charge is 0.253 e. The lowest BCUT2D eigenvalue weighted by Gasteiger charge is -2.28. The third kappa shape index (κ3) is 3.74. The van der Waals surface area contributed by atoms with Crippen LogP contribution in [0.3, 0.4) is 0 Å². The molecule has 0 aliphatic heterocycles. The van der Waals surface area contributed by atoms with Gasteiger partial charge in [0, 0.05) is 11.3 Å². The maximum Gasteiger partial charge on any atom is 0.253 e. The zero-order valence-electron chi connectivity index (χ0n) is 10.0. The molecule has 1 fully saturated rings. The van der Waals surface area contributed by atoms with E-state index in [9.17, 15) is 4.79 Å². The SMILES string of the molecule is CSC1CCCC(NC(=O)c2cc(Br)sc2Br)C1. The first-order valence-electron chi connectivity index (χ1n) is 5.88. The standard InChI is InChI=1S/C12H15Br2NOS2/c1-17-8-4-2-3-7(5-8)15-12(16)9-6-10(13)18-11(9)14/h6-8H,2-5H2,1H3,(H,15,16). The number of rotatable bonds is 3. The van der Waals surface area contributed by atoms with Crippen molar-refractivity contribution in [3.8, 4) is 0 Å². The molecule has 18 heavy (non-hydrogen) atoms. The number of nitrogens with one attached hydrogen (secondary N) is 1. The molecule has 6 heteroatoms. The number of thiophene rings is 1. The molecule has 100 valence electrons. The van der Waals surface area contributed by atoms with Gasteiger partial charge in [0.1, 0.15) is 0 Å². The van der Waals surface area contributed by atoms with E-state index in [2.05, 4.69) is 43.4 Å². The summed E-state index contributed by atoms with van der Waals surface area (Å²) in [6.07, 6.45) is 6.84. The van der Waals surface area contributed by atoms with Crippen LogP contribution in [0.5, 0.6) is 0 Å². The average molecular weight is 413 g/mol. The van der Waals surface area contributed by atoms with Gasteiger partial charge in [-0.15, -0.1) is 11.3 Å². The second kappa shape index (κ2) is 6.77. The summed E-state index contributed by atoms with van der Waals surface area (Å²) in [5.41, 5.74) is 0.734. The van der Waals surface area contributed by atoms with Gasteiger partial charge in [-0.05, 0) is 63.4 Å². The molecule has 0 spiro atoms. The predicted octanol–water partition coefficient (Wildman–Crippen LogP) is 4.68. The number of hydrogen-bond acceptors (Lipinski definition) is 3. The van der Waals surface area contributed by atoms with Crippen LogP contribution in [0, 0.1) is 0 Å². The molecule has 1 aromatic rings. The van der Waals surface area contributed by atoms with Crippen molar-refractivity contribution >= 4 is 60.9 Å². The van der Waals surface area contributed by atoms with Crippen molar-refractivity contribution in [1.82, 2.24) is 5.32 Å². The zero-order valence-corrected chi connectivity index (χ0v) is 14.8. The average Bonchev–Trinajstić information content (AvgIpc) is 2.69. The van der Waals surface area contributed by atoms with Crippen LogP contribution in [0.2, 0.25) is 0 Å². The van der Waals surface area contributed by atoms with Gasteiger partial charge in [-0.3, -0.25) is 4.79 Å². The molecule has 2 atom stereocenters. The van der Waals surface area contributed by atoms with E-state index in [1.807, 2.05) is 17.8 Å². The molecular formula is C12H15Br2NOS2. The Balaban J connectivity index is 1.97. The van der Waals surface area contributed by atoms with Crippen molar-refractivity contribution in [2.45, 2.75) is 37.0 Å². The molecule has 0 aromatic carbocycles. The fraction of sp³-hybridized carbons (Fsp3) is 0.583. The topological polar surface area (TPSA) is 29.1 Å². The Morgan fingerprint density at radius 2 is 2.28 bits per heavy atom. The van der Waals surface area contributed by atoms with Gasteiger partial charge in [0.05, 0.1) is 13.1 Å². The highest BCUT2D eigenvalue weighted by atomic mass is 79.9. The summed E-state index contributed by atoms with van der Waals surface area (Å²) in [4.78, 5) is 12.2. The van der Waals surface area contributed by atoms with Crippen LogP contribution in [-0.4, -0.2) is 23.5 Å². The summed E-state index contributed by atoms with van der Waals surface area (Å²) in [5.74, 6) is 0.0376. The minimum absolute atomic E-state index is 0.0376. The van der Waals surface area contributed by atoms with E-state index in [0.717, 1.165) is 26.0 Å². The lowest BCUT2D eigenvalue weighted by molar-refractivity contribution is 0.0928. The molecule has 2 rings (SSSR count). The van der Waals surface area contributed by atoms with E-state index >= 15 is 0 Å². The highest BCUT2D eigenvalue weighted by Crippen LogP contribution is 2.32. The molecule has 1 aliphatic rings. The van der Waals surface area contributed by atoms with Crippen LogP contribution >= 0.6 is 55.0 Å². The summed E-state index contributed by atoms with van der Waals surface area (Å²) in [5, 5.41) is 3.85. The van der Waals surface area contributed by atoms with Gasteiger partial charge in [-0.1, -0.05) is 6.42 Å². The van der Waals surface area contributed by atoms with E-state index < -0.39 is 0 Å². The number of hydrogen-bond donors (Lipinski definition) is 1. The Bertz CT molecular complexity index is 436. The van der Waals surface area contributed by atoms with Crippen LogP contribution < -0.4 is 5.32 Å². The summed E-state index contributed by atoms with van der Waals surface area (Å²) < 4.78 is 1.87. The van der Waals surface area contributed by atoms with E-state index in [4.69, 9.17) is 0 Å². The third-order valence-corrected chi connectivity index (χ3v) is 6.63. The summed E-state index contributed by atoms with van der Waals surface area (Å²) in [6, 6.07) is 2.20. The van der Waals surface area contributed by atoms with Crippen molar-refractivity contribution in [3.05, 3.63) is 19.2 Å². The third-order valence-electron chi connectivity index (χ3n) is 3.20. The summed E-state index contributed by atoms with van der Waals surface area (Å²) in [6.45, 7) is 0. The molecule has 1 N–H and O–H groups in total. The first kappa shape index (κ1) is 14.9. The Labute approximate surface area is 133 Å². The predicted molar refractivity (Wildman–Crippen MR) is 86.7 cm³/mol. The van der Waals surface area contributed by atoms with E-state index in [-0.39, 0.29) is 5.91 Å². The molecule has 1 aliphatic carbocycles. The second-order valence-corrected chi connectivity index (χ2v) is 9.32. The maximum atomic E-state index is 12.2. The van der Waals surface area contributed by atoms with Crippen molar-refractivity contribution in [3.63, 3.8) is 0 Å². The normalized spacial score (nSPS) is 23.9. The largest absolute Gasteiger partial charge is 0.349 e. The van der Waals surface area contributed by atoms with Crippen LogP contribution in [0.25, 0.3) is 0 Å². The second-order valence-electron chi connectivity index (χ2n) is 4.43. The fourth-order valence-corrected chi connectivity index (χ4v) is 5.87. The van der Waals surface area contributed by atoms with Crippen LogP contribution in [-0.2, 0) is 0 Å². The summed E-state index contributed by atoms with van der Waals surface area (Å²) in [7, 11) is 0. The fourth-order valence-electron chi connectivity index (χ4n) is 2.25. The van der Waals surface area contributed by atoms with Gasteiger partial charge >= 0.3 is 0 Å². The molecule has 1 amide bonds. The lowest BCUT2D eigenvalue weighted by atomic mass is 9.95. The maximum absolute atomic E-state index is 12.2. The van der Waals surface area contributed by atoms with Crippen LogP contribution in [0.1, 0.15) is 36.0 Å². The molecule has 0 saturated heterocycles. The van der Waals surface area contributed by atoms with Crippen molar-refractivity contribution in [2.75, 3.05) is 6.26 Å². The van der Waals surface area contributed by atoms with Crippen molar-refractivity contribution < 1.29 is 4.79 Å². The van der Waals surface area contributed by atoms with Gasteiger partial charge in [0.2, 0.25) is 0 Å². The van der Waals surface area contributed by atoms with E-state index in [1.165, 1.54) is 24.2 Å². The van der Waals surface area contributed by atoms with E-state index in [0.29, 0.717) is 11.3 Å². The van der Waals surface area contributed by atoms with Crippen molar-refractivity contribution in [1.29, 1.82) is 0 Å². The minimum atomic E-state index is 0.0376. The number of thioether (sulfide) groups is 1. The highest BCUT2D eigenvalue weighted by Gasteiger charge is 2.24. The Hall–Kier alpha value is 0.480. The van der Waals surface area contributed by atoms with Gasteiger partial charge < -0.3 is 5.32 Å². The van der Waals surface area contributed by atoms with Gasteiger partial charge in [0.25, 0.3) is 5.91 Å². The quantitative estimate of drug-likeness (QED) is 0.780. The molecule has 2 unspecified atom stereocenters. The first-order chi connectivity index (χ1) is 8.60. The van der Waals surface area contributed by atoms with Gasteiger partial charge in [-0.25, -0.2) is 0 Å². The molecule has 0 bridgehead atoms. The highest BCUT2D eigenvalue weighted by molar-refractivity contribution is 9.12. The number of carbonyl (C=O) groups excluding carboxylic acids is 1. The number of carbonyl (C=O) groups is 1. The molecular weight excluding hydrogens is 398 g/mol. The minimum Gasteiger partial charge on any atom is -0.349 e. The van der Waals surface area contributed by atoms with Gasteiger partial charge in [0.15, 0.2) is 0 Å². The molecule has 0 radical (unpaired) electrons. The lowest BCUT2D eigenvalue weighted by Crippen LogP contribution is -2.39. The van der Waals surface area contributed by atoms with Crippen molar-refractivity contribution in [2.24, 2.45) is 0 Å². The monoisotopic (exact) mass is 411 g/mol. The van der Waals surface area contributed by atoms with E-state index in [1.54, 1.807) is 0 Å². The van der Waals surface area contributed by atoms with Crippen LogP contribution in [0.4, 0.5) is 0 Å². The number of halogens is 2. The first-order valence-corrected chi connectivity index (χ1v) is 9.57.